The van der Waals surface area contributed by atoms with Crippen LogP contribution >= 0.6 is 9.24 Å². The van der Waals surface area contributed by atoms with Gasteiger partial charge in [0.15, 0.2) is 5.78 Å². The Balaban J connectivity index is 4.01. The van der Waals surface area contributed by atoms with Gasteiger partial charge in [-0.05, 0) is 0 Å². The summed E-state index contributed by atoms with van der Waals surface area (Å²) >= 11 is 0. The quantitative estimate of drug-likeness (QED) is 0.359. The maximum atomic E-state index is 10.5. The van der Waals surface area contributed by atoms with Crippen LogP contribution < -0.4 is 0 Å². The average molecular weight is 182 g/mol. The average Bonchev–Trinajstić information content (AvgIpc) is 2.00. The molecule has 6 heteroatoms. The van der Waals surface area contributed by atoms with E-state index in [1.54, 1.807) is 0 Å². The molecule has 0 saturated heterocycles. The standard InChI is InChI=1S/C5H11O5P/c6-1-2(7)3(8)4(9)5(10)11/h3-6,8-10H,1,11H2/t3-,4-,5?/m1/s1. The molecule has 2 unspecified atom stereocenters. The molecule has 0 aliphatic rings. The van der Waals surface area contributed by atoms with Crippen LogP contribution in [0.5, 0.6) is 0 Å². The van der Waals surface area contributed by atoms with Crippen LogP contribution in [0.3, 0.4) is 0 Å². The molecule has 0 aliphatic heterocycles. The van der Waals surface area contributed by atoms with Crippen LogP contribution in [-0.2, 0) is 4.79 Å². The van der Waals surface area contributed by atoms with Crippen molar-refractivity contribution < 1.29 is 25.2 Å². The minimum absolute atomic E-state index is 0.852. The molecule has 0 amide bonds. The molecular formula is C5H11O5P. The minimum Gasteiger partial charge on any atom is -0.388 e. The molecule has 4 N–H and O–H groups in total. The SMILES string of the molecule is O=C(CO)[C@@H](O)[C@@H](O)C(O)P. The topological polar surface area (TPSA) is 98.0 Å². The first-order valence-corrected chi connectivity index (χ1v) is 3.60. The van der Waals surface area contributed by atoms with E-state index in [-0.39, 0.29) is 0 Å². The summed E-state index contributed by atoms with van der Waals surface area (Å²) in [5, 5.41) is 34.5. The largest absolute Gasteiger partial charge is 0.388 e. The number of aliphatic hydroxyl groups is 4. The molecule has 0 heterocycles. The zero-order chi connectivity index (χ0) is 9.02. The molecule has 66 valence electrons. The van der Waals surface area contributed by atoms with E-state index in [1.165, 1.54) is 0 Å². The lowest BCUT2D eigenvalue weighted by molar-refractivity contribution is -0.138. The van der Waals surface area contributed by atoms with Gasteiger partial charge >= 0.3 is 0 Å². The fraction of sp³-hybridized carbons (Fsp3) is 0.800. The van der Waals surface area contributed by atoms with Crippen LogP contribution in [0.15, 0.2) is 0 Å². The molecule has 0 radical (unpaired) electrons. The second kappa shape index (κ2) is 4.74. The van der Waals surface area contributed by atoms with Gasteiger partial charge < -0.3 is 20.4 Å². The van der Waals surface area contributed by atoms with Gasteiger partial charge in [0, 0.05) is 0 Å². The van der Waals surface area contributed by atoms with Crippen molar-refractivity contribution >= 4 is 15.0 Å². The first kappa shape index (κ1) is 10.9. The van der Waals surface area contributed by atoms with Gasteiger partial charge in [-0.15, -0.1) is 9.24 Å². The zero-order valence-corrected chi connectivity index (χ0v) is 6.87. The zero-order valence-electron chi connectivity index (χ0n) is 5.71. The third kappa shape index (κ3) is 3.22. The maximum Gasteiger partial charge on any atom is 0.189 e. The van der Waals surface area contributed by atoms with Gasteiger partial charge in [0.05, 0.1) is 5.85 Å². The predicted octanol–water partition coefficient (Wildman–Crippen LogP) is -2.54. The molecule has 0 aliphatic carbocycles. The van der Waals surface area contributed by atoms with Gasteiger partial charge in [-0.1, -0.05) is 0 Å². The summed E-state index contributed by atoms with van der Waals surface area (Å²) in [4.78, 5) is 10.5. The second-order valence-electron chi connectivity index (χ2n) is 2.05. The van der Waals surface area contributed by atoms with E-state index < -0.39 is 30.4 Å². The molecule has 0 aromatic rings. The molecule has 11 heavy (non-hydrogen) atoms. The predicted molar refractivity (Wildman–Crippen MR) is 39.8 cm³/mol. The molecule has 0 aromatic heterocycles. The molecule has 0 fully saturated rings. The van der Waals surface area contributed by atoms with Crippen molar-refractivity contribution in [2.24, 2.45) is 0 Å². The van der Waals surface area contributed by atoms with Gasteiger partial charge in [0.2, 0.25) is 0 Å². The summed E-state index contributed by atoms with van der Waals surface area (Å²) in [7, 11) is 1.82. The molecule has 4 atom stereocenters. The van der Waals surface area contributed by atoms with Gasteiger partial charge in [-0.2, -0.15) is 0 Å². The Bertz CT molecular complexity index is 137. The van der Waals surface area contributed by atoms with Gasteiger partial charge in [0.25, 0.3) is 0 Å². The number of ketones is 1. The number of Topliss-reactive ketones (excluding diaryl/α,β-unsaturated/α-hetero) is 1. The molecule has 5 nitrogen and oxygen atoms in total. The number of hydrogen-bond acceptors (Lipinski definition) is 5. The Morgan fingerprint density at radius 3 is 2.09 bits per heavy atom. The number of rotatable bonds is 4. The van der Waals surface area contributed by atoms with Crippen molar-refractivity contribution in [1.82, 2.24) is 0 Å². The van der Waals surface area contributed by atoms with Crippen molar-refractivity contribution in [3.63, 3.8) is 0 Å². The fourth-order valence-electron chi connectivity index (χ4n) is 0.471. The lowest BCUT2D eigenvalue weighted by Gasteiger charge is -2.17. The second-order valence-corrected chi connectivity index (χ2v) is 2.73. The highest BCUT2D eigenvalue weighted by molar-refractivity contribution is 7.17. The van der Waals surface area contributed by atoms with E-state index in [0.717, 1.165) is 0 Å². The Morgan fingerprint density at radius 1 is 1.36 bits per heavy atom. The lowest BCUT2D eigenvalue weighted by Crippen LogP contribution is -2.40. The summed E-state index contributed by atoms with van der Waals surface area (Å²) in [5.41, 5.74) is 0. The van der Waals surface area contributed by atoms with E-state index in [0.29, 0.717) is 0 Å². The van der Waals surface area contributed by atoms with Crippen LogP contribution in [0.1, 0.15) is 0 Å². The Hall–Kier alpha value is -0.0600. The lowest BCUT2D eigenvalue weighted by atomic mass is 10.1. The van der Waals surface area contributed by atoms with E-state index in [4.69, 9.17) is 20.4 Å². The first-order chi connectivity index (χ1) is 5.00. The molecular weight excluding hydrogens is 171 g/mol. The van der Waals surface area contributed by atoms with Crippen LogP contribution in [0.25, 0.3) is 0 Å². The van der Waals surface area contributed by atoms with E-state index in [1.807, 2.05) is 9.24 Å². The minimum atomic E-state index is -1.73. The number of hydrogen-bond donors (Lipinski definition) is 4. The first-order valence-electron chi connectivity index (χ1n) is 2.94. The number of aliphatic hydroxyl groups excluding tert-OH is 4. The van der Waals surface area contributed by atoms with Crippen molar-refractivity contribution in [1.29, 1.82) is 0 Å². The highest BCUT2D eigenvalue weighted by atomic mass is 31.0. The smallest absolute Gasteiger partial charge is 0.189 e. The monoisotopic (exact) mass is 182 g/mol. The van der Waals surface area contributed by atoms with Gasteiger partial charge in [-0.3, -0.25) is 4.79 Å². The van der Waals surface area contributed by atoms with Crippen molar-refractivity contribution in [2.45, 2.75) is 18.1 Å². The number of carbonyl (C=O) groups is 1. The summed E-state index contributed by atoms with van der Waals surface area (Å²) in [6.07, 6.45) is -3.30. The molecule has 0 rings (SSSR count). The van der Waals surface area contributed by atoms with E-state index in [9.17, 15) is 4.79 Å². The summed E-state index contributed by atoms with van der Waals surface area (Å²) in [5.74, 6) is -2.19. The van der Waals surface area contributed by atoms with Crippen molar-refractivity contribution in [3.05, 3.63) is 0 Å². The van der Waals surface area contributed by atoms with Crippen LogP contribution in [0.4, 0.5) is 0 Å². The van der Waals surface area contributed by atoms with Crippen LogP contribution in [0.2, 0.25) is 0 Å². The molecule has 0 spiro atoms. The number of carbonyl (C=O) groups excluding carboxylic acids is 1. The van der Waals surface area contributed by atoms with Gasteiger partial charge in [-0.25, -0.2) is 0 Å². The van der Waals surface area contributed by atoms with Crippen LogP contribution in [-0.4, -0.2) is 50.9 Å². The third-order valence-corrected chi connectivity index (χ3v) is 1.55. The molecule has 0 aromatic carbocycles. The maximum absolute atomic E-state index is 10.5. The van der Waals surface area contributed by atoms with Crippen molar-refractivity contribution in [2.75, 3.05) is 6.61 Å². The Labute approximate surface area is 65.9 Å². The normalized spacial score (nSPS) is 19.0. The Kier molecular flexibility index (Phi) is 4.72. The summed E-state index contributed by atoms with van der Waals surface area (Å²) in [6, 6.07) is 0. The highest BCUT2D eigenvalue weighted by Crippen LogP contribution is 2.06. The summed E-state index contributed by atoms with van der Waals surface area (Å²) < 4.78 is 0. The Morgan fingerprint density at radius 2 is 1.82 bits per heavy atom. The summed E-state index contributed by atoms with van der Waals surface area (Å²) in [6.45, 7) is -0.852. The third-order valence-electron chi connectivity index (χ3n) is 1.16. The van der Waals surface area contributed by atoms with E-state index in [2.05, 4.69) is 0 Å². The molecule has 0 saturated carbocycles. The van der Waals surface area contributed by atoms with Crippen LogP contribution in [0, 0.1) is 0 Å². The van der Waals surface area contributed by atoms with Crippen molar-refractivity contribution in [3.8, 4) is 0 Å². The van der Waals surface area contributed by atoms with Gasteiger partial charge in [0.1, 0.15) is 18.8 Å². The fourth-order valence-corrected chi connectivity index (χ4v) is 0.681. The molecule has 0 bridgehead atoms. The van der Waals surface area contributed by atoms with E-state index >= 15 is 0 Å². The highest BCUT2D eigenvalue weighted by Gasteiger charge is 2.26.